The number of amides is 8. The first-order chi connectivity index (χ1) is 49.6. The number of carbonyl (C=O) groups is 8. The van der Waals surface area contributed by atoms with Crippen molar-refractivity contribution in [3.63, 3.8) is 0 Å². The first-order valence-corrected chi connectivity index (χ1v) is 45.9. The van der Waals surface area contributed by atoms with Crippen molar-refractivity contribution in [3.05, 3.63) is 0 Å². The molecule has 1 saturated heterocycles. The summed E-state index contributed by atoms with van der Waals surface area (Å²) in [5.41, 5.74) is 40.1. The molecule has 0 bridgehead atoms. The average molecular weight is 1490 g/mol. The van der Waals surface area contributed by atoms with Crippen LogP contribution >= 0.6 is 0 Å². The zero-order valence-electron chi connectivity index (χ0n) is 70.0. The van der Waals surface area contributed by atoms with E-state index in [1.807, 2.05) is 0 Å². The molecule has 0 saturated carbocycles. The molecule has 0 aromatic carbocycles. The number of carbonyl (C=O) groups excluding carboxylic acids is 8. The Hall–Kier alpha value is -4.06. The topological polar surface area (TPSA) is 354 Å². The van der Waals surface area contributed by atoms with E-state index in [0.717, 1.165) is 109 Å². The maximum absolute atomic E-state index is 10.4. The minimum atomic E-state index is -0.595. The lowest BCUT2D eigenvalue weighted by molar-refractivity contribution is -0.119. The maximum Gasteiger partial charge on any atom is 0.217 e. The number of rotatable bonds is 64. The van der Waals surface area contributed by atoms with Crippen molar-refractivity contribution in [3.8, 4) is 0 Å². The lowest BCUT2D eigenvalue weighted by atomic mass is 10.1. The summed E-state index contributed by atoms with van der Waals surface area (Å²) in [4.78, 5) is 82.9. The van der Waals surface area contributed by atoms with Crippen LogP contribution in [0.25, 0.3) is 0 Å². The number of nitrogens with two attached hydrogens (primary N) is 8. The third-order valence-electron chi connectivity index (χ3n) is 17.6. The fourth-order valence-corrected chi connectivity index (χ4v) is 12.6. The summed E-state index contributed by atoms with van der Waals surface area (Å²) >= 11 is 0. The summed E-state index contributed by atoms with van der Waals surface area (Å²) in [6, 6.07) is 1.40. The van der Waals surface area contributed by atoms with Gasteiger partial charge >= 0.3 is 0 Å². The van der Waals surface area contributed by atoms with Crippen molar-refractivity contribution in [1.82, 2.24) is 0 Å². The molecular formula is C85H180N8O9Si. The first-order valence-electron chi connectivity index (χ1n) is 43.4. The number of hydrogen-bond donors (Lipinski definition) is 8. The molecule has 17 nitrogen and oxygen atoms in total. The molecule has 1 rings (SSSR count). The van der Waals surface area contributed by atoms with Gasteiger partial charge in [-0.15, -0.1) is 0 Å². The molecule has 1 aliphatic rings. The van der Waals surface area contributed by atoms with E-state index in [4.69, 9.17) is 50.3 Å². The Labute approximate surface area is 640 Å². The van der Waals surface area contributed by atoms with E-state index in [1.165, 1.54) is 276 Å². The number of primary amides is 8. The molecule has 1 atom stereocenters. The molecule has 1 aliphatic heterocycles. The summed E-state index contributed by atoms with van der Waals surface area (Å²) in [5, 5.41) is 0. The van der Waals surface area contributed by atoms with Gasteiger partial charge in [-0.05, 0) is 70.4 Å². The lowest BCUT2D eigenvalue weighted by Gasteiger charge is -2.16. The lowest BCUT2D eigenvalue weighted by Crippen LogP contribution is -2.18. The monoisotopic (exact) mass is 1490 g/mol. The molecule has 0 aromatic rings. The van der Waals surface area contributed by atoms with Gasteiger partial charge in [-0.3, -0.25) is 38.4 Å². The molecule has 1 heterocycles. The second-order valence-electron chi connectivity index (χ2n) is 28.9. The molecule has 18 heteroatoms. The Morgan fingerprint density at radius 3 is 0.398 bits per heavy atom. The van der Waals surface area contributed by atoms with Crippen LogP contribution in [0, 0.1) is 0 Å². The fourth-order valence-electron chi connectivity index (χ4n) is 11.0. The minimum Gasteiger partial charge on any atom is -0.420 e. The van der Waals surface area contributed by atoms with Gasteiger partial charge in [0, 0.05) is 58.0 Å². The molecule has 1 unspecified atom stereocenters. The fraction of sp³-hybridized carbons (Fsp3) is 0.906. The predicted octanol–water partition coefficient (Wildman–Crippen LogP) is 22.0. The van der Waals surface area contributed by atoms with Gasteiger partial charge in [-0.2, -0.15) is 0 Å². The van der Waals surface area contributed by atoms with Gasteiger partial charge < -0.3 is 50.3 Å². The van der Waals surface area contributed by atoms with Crippen LogP contribution in [0.3, 0.4) is 0 Å². The SMILES string of the molecule is CCCCCCCCCC(N)=O.CCCCCCCCCC(N)=O.CCCCCCCCCC(N)=O.CCCCCCCCCC(N)=O.CCCCCCCCCC(N)=O.CCCCCCCCCC(N)=O.CCCCCCCCCC(N)=O.CCCCCCCCCC(N)=O.C[SiH]1CCCCO1. The quantitative estimate of drug-likeness (QED) is 0.0212. The third kappa shape index (κ3) is 156. The van der Waals surface area contributed by atoms with Gasteiger partial charge in [0.25, 0.3) is 0 Å². The van der Waals surface area contributed by atoms with Crippen molar-refractivity contribution in [2.45, 2.75) is 492 Å². The zero-order chi connectivity index (χ0) is 79.0. The minimum absolute atomic E-state index is 0.163. The van der Waals surface area contributed by atoms with Crippen LogP contribution < -0.4 is 45.9 Å². The molecule has 0 radical (unpaired) electrons. The van der Waals surface area contributed by atoms with E-state index in [0.29, 0.717) is 51.4 Å². The third-order valence-corrected chi connectivity index (χ3v) is 19.6. The summed E-state index contributed by atoms with van der Waals surface area (Å²) < 4.78 is 5.42. The molecule has 8 amide bonds. The van der Waals surface area contributed by atoms with Crippen molar-refractivity contribution in [2.75, 3.05) is 6.61 Å². The second-order valence-corrected chi connectivity index (χ2v) is 31.4. The van der Waals surface area contributed by atoms with Crippen molar-refractivity contribution in [2.24, 2.45) is 45.9 Å². The normalized spacial score (nSPS) is 11.6. The predicted molar refractivity (Wildman–Crippen MR) is 447 cm³/mol. The van der Waals surface area contributed by atoms with Crippen LogP contribution in [-0.2, 0) is 42.8 Å². The molecule has 16 N–H and O–H groups in total. The second kappa shape index (κ2) is 109. The van der Waals surface area contributed by atoms with Crippen LogP contribution in [0.1, 0.15) is 479 Å². The van der Waals surface area contributed by atoms with Crippen LogP contribution in [0.5, 0.6) is 0 Å². The highest BCUT2D eigenvalue weighted by Crippen LogP contribution is 2.15. The molecular weight excluding hydrogens is 1310 g/mol. The van der Waals surface area contributed by atoms with Gasteiger partial charge in [0.05, 0.1) is 0 Å². The van der Waals surface area contributed by atoms with Crippen LogP contribution in [0.2, 0.25) is 12.6 Å². The molecule has 0 spiro atoms. The number of unbranched alkanes of at least 4 members (excludes halogenated alkanes) is 48. The Balaban J connectivity index is -0.000000165. The Bertz CT molecular complexity index is 1380. The van der Waals surface area contributed by atoms with E-state index in [-0.39, 0.29) is 47.3 Å². The van der Waals surface area contributed by atoms with Gasteiger partial charge in [0.15, 0.2) is 9.04 Å². The standard InChI is InChI=1S/8C10H21NO.C5H12OSi/c8*1-2-3-4-5-6-7-8-9-10(11)12;1-7-5-3-2-4-6-7/h8*2-9H2,1H3,(H2,11,12);7H,2-5H2,1H3. The highest BCUT2D eigenvalue weighted by Gasteiger charge is 2.08. The smallest absolute Gasteiger partial charge is 0.217 e. The van der Waals surface area contributed by atoms with Crippen molar-refractivity contribution < 1.29 is 42.8 Å². The molecule has 618 valence electrons. The van der Waals surface area contributed by atoms with E-state index in [2.05, 4.69) is 61.9 Å². The van der Waals surface area contributed by atoms with E-state index < -0.39 is 9.04 Å². The van der Waals surface area contributed by atoms with Crippen LogP contribution in [0.15, 0.2) is 0 Å². The van der Waals surface area contributed by atoms with Crippen molar-refractivity contribution in [1.29, 1.82) is 0 Å². The highest BCUT2D eigenvalue weighted by atomic mass is 28.3. The van der Waals surface area contributed by atoms with E-state index in [9.17, 15) is 38.4 Å². The summed E-state index contributed by atoms with van der Waals surface area (Å²) in [6.07, 6.45) is 76.7. The largest absolute Gasteiger partial charge is 0.420 e. The molecule has 0 aliphatic carbocycles. The Morgan fingerprint density at radius 1 is 0.204 bits per heavy atom. The summed E-state index contributed by atoms with van der Waals surface area (Å²) in [7, 11) is -0.595. The van der Waals surface area contributed by atoms with Crippen molar-refractivity contribution >= 4 is 56.3 Å². The highest BCUT2D eigenvalue weighted by molar-refractivity contribution is 6.50. The summed E-state index contributed by atoms with van der Waals surface area (Å²) in [5.74, 6) is -1.31. The zero-order valence-corrected chi connectivity index (χ0v) is 71.1. The van der Waals surface area contributed by atoms with Crippen LogP contribution in [0.4, 0.5) is 0 Å². The van der Waals surface area contributed by atoms with Crippen LogP contribution in [-0.4, -0.2) is 62.9 Å². The van der Waals surface area contributed by atoms with Gasteiger partial charge in [0.2, 0.25) is 47.3 Å². The Kier molecular flexibility index (Phi) is 121. The van der Waals surface area contributed by atoms with E-state index in [1.54, 1.807) is 0 Å². The maximum atomic E-state index is 10.4. The van der Waals surface area contributed by atoms with Gasteiger partial charge in [0.1, 0.15) is 0 Å². The molecule has 0 aromatic heterocycles. The average Bonchev–Trinajstić information content (AvgIpc) is 1.50. The van der Waals surface area contributed by atoms with E-state index >= 15 is 0 Å². The van der Waals surface area contributed by atoms with Gasteiger partial charge in [-0.25, -0.2) is 0 Å². The Morgan fingerprint density at radius 2 is 0.320 bits per heavy atom. The number of hydrogen-bond acceptors (Lipinski definition) is 9. The molecule has 103 heavy (non-hydrogen) atoms. The molecule has 1 fully saturated rings. The first kappa shape index (κ1) is 115. The van der Waals surface area contributed by atoms with Gasteiger partial charge in [-0.1, -0.05) is 370 Å². The summed E-state index contributed by atoms with van der Waals surface area (Å²) in [6.45, 7) is 21.0.